The summed E-state index contributed by atoms with van der Waals surface area (Å²) in [5, 5.41) is 0.663. The summed E-state index contributed by atoms with van der Waals surface area (Å²) in [5.41, 5.74) is 0.395. The van der Waals surface area contributed by atoms with Crippen molar-refractivity contribution in [2.45, 2.75) is 20.3 Å². The van der Waals surface area contributed by atoms with E-state index in [1.165, 1.54) is 13.2 Å². The zero-order valence-electron chi connectivity index (χ0n) is 11.0. The van der Waals surface area contributed by atoms with Gasteiger partial charge < -0.3 is 13.9 Å². The Labute approximate surface area is 109 Å². The van der Waals surface area contributed by atoms with E-state index in [1.54, 1.807) is 26.0 Å². The number of ether oxygens (including phenoxy) is 2. The number of benzene rings is 1. The Morgan fingerprint density at radius 1 is 1.32 bits per heavy atom. The van der Waals surface area contributed by atoms with Gasteiger partial charge in [0.25, 0.3) is 0 Å². The van der Waals surface area contributed by atoms with Crippen molar-refractivity contribution in [3.8, 4) is 11.5 Å². The lowest BCUT2D eigenvalue weighted by Crippen LogP contribution is -2.06. The average molecular weight is 262 g/mol. The lowest BCUT2D eigenvalue weighted by Gasteiger charge is -2.08. The SMILES string of the molecule is CCC(=O)Oc1cc(OC)c2cc(C)c(=O)oc2c1. The number of carbonyl (C=O) groups excluding carboxylic acids is 1. The molecule has 0 aliphatic carbocycles. The highest BCUT2D eigenvalue weighted by atomic mass is 16.5. The summed E-state index contributed by atoms with van der Waals surface area (Å²) in [6, 6.07) is 4.78. The zero-order chi connectivity index (χ0) is 14.0. The van der Waals surface area contributed by atoms with E-state index in [1.807, 2.05) is 0 Å². The molecule has 0 saturated heterocycles. The molecule has 1 aromatic heterocycles. The van der Waals surface area contributed by atoms with Crippen molar-refractivity contribution in [3.63, 3.8) is 0 Å². The van der Waals surface area contributed by atoms with Crippen LogP contribution in [0.2, 0.25) is 0 Å². The second kappa shape index (κ2) is 5.14. The van der Waals surface area contributed by atoms with Crippen molar-refractivity contribution in [1.82, 2.24) is 0 Å². The van der Waals surface area contributed by atoms with Crippen LogP contribution in [0.4, 0.5) is 0 Å². The summed E-state index contributed by atoms with van der Waals surface area (Å²) < 4.78 is 15.5. The smallest absolute Gasteiger partial charge is 0.339 e. The van der Waals surface area contributed by atoms with Gasteiger partial charge in [0.05, 0.1) is 12.5 Å². The van der Waals surface area contributed by atoms with Crippen molar-refractivity contribution in [2.24, 2.45) is 0 Å². The van der Waals surface area contributed by atoms with E-state index in [9.17, 15) is 9.59 Å². The number of methoxy groups -OCH3 is 1. The molecule has 0 amide bonds. The first-order valence-corrected chi connectivity index (χ1v) is 5.88. The van der Waals surface area contributed by atoms with E-state index < -0.39 is 5.63 Å². The molecule has 5 heteroatoms. The summed E-state index contributed by atoms with van der Waals surface area (Å²) in [5.74, 6) is 0.419. The maximum Gasteiger partial charge on any atom is 0.339 e. The topological polar surface area (TPSA) is 65.7 Å². The van der Waals surface area contributed by atoms with Crippen LogP contribution in [0.25, 0.3) is 11.0 Å². The van der Waals surface area contributed by atoms with Crippen LogP contribution in [0.15, 0.2) is 27.4 Å². The molecule has 0 atom stereocenters. The summed E-state index contributed by atoms with van der Waals surface area (Å²) in [6.07, 6.45) is 0.262. The molecule has 19 heavy (non-hydrogen) atoms. The molecule has 0 radical (unpaired) electrons. The monoisotopic (exact) mass is 262 g/mol. The molecule has 2 aromatic rings. The van der Waals surface area contributed by atoms with Gasteiger partial charge in [-0.25, -0.2) is 4.79 Å². The number of carbonyl (C=O) groups is 1. The van der Waals surface area contributed by atoms with Crippen LogP contribution >= 0.6 is 0 Å². The Morgan fingerprint density at radius 2 is 2.05 bits per heavy atom. The van der Waals surface area contributed by atoms with E-state index in [0.717, 1.165) is 0 Å². The molecule has 0 unspecified atom stereocenters. The van der Waals surface area contributed by atoms with Crippen LogP contribution in [0.3, 0.4) is 0 Å². The predicted octanol–water partition coefficient (Wildman–Crippen LogP) is 2.43. The van der Waals surface area contributed by atoms with Crippen molar-refractivity contribution in [2.75, 3.05) is 7.11 Å². The fraction of sp³-hybridized carbons (Fsp3) is 0.286. The lowest BCUT2D eigenvalue weighted by atomic mass is 10.1. The van der Waals surface area contributed by atoms with Crippen LogP contribution in [-0.2, 0) is 4.79 Å². The standard InChI is InChI=1S/C14H14O5/c1-4-13(15)18-9-6-11(17-3)10-5-8(2)14(16)19-12(10)7-9/h5-7H,4H2,1-3H3. The number of hydrogen-bond donors (Lipinski definition) is 0. The van der Waals surface area contributed by atoms with Crippen LogP contribution in [0.5, 0.6) is 11.5 Å². The van der Waals surface area contributed by atoms with Gasteiger partial charge in [-0.1, -0.05) is 6.92 Å². The third kappa shape index (κ3) is 2.59. The van der Waals surface area contributed by atoms with Gasteiger partial charge in [-0.05, 0) is 13.0 Å². The Bertz CT molecular complexity index is 684. The third-order valence-corrected chi connectivity index (χ3v) is 2.70. The minimum atomic E-state index is -0.423. The van der Waals surface area contributed by atoms with Gasteiger partial charge in [-0.2, -0.15) is 0 Å². The van der Waals surface area contributed by atoms with Crippen molar-refractivity contribution >= 4 is 16.9 Å². The van der Waals surface area contributed by atoms with Crippen LogP contribution in [0, 0.1) is 6.92 Å². The van der Waals surface area contributed by atoms with E-state index in [0.29, 0.717) is 28.0 Å². The molecule has 0 saturated carbocycles. The highest BCUT2D eigenvalue weighted by molar-refractivity contribution is 5.86. The van der Waals surface area contributed by atoms with Crippen molar-refractivity contribution in [1.29, 1.82) is 0 Å². The maximum absolute atomic E-state index is 11.5. The molecule has 5 nitrogen and oxygen atoms in total. The van der Waals surface area contributed by atoms with Gasteiger partial charge in [0.15, 0.2) is 0 Å². The molecule has 1 aromatic carbocycles. The van der Waals surface area contributed by atoms with Gasteiger partial charge in [-0.15, -0.1) is 0 Å². The molecular weight excluding hydrogens is 248 g/mol. The Balaban J connectivity index is 2.62. The van der Waals surface area contributed by atoms with Gasteiger partial charge >= 0.3 is 11.6 Å². The Kier molecular flexibility index (Phi) is 3.55. The fourth-order valence-corrected chi connectivity index (χ4v) is 1.69. The lowest BCUT2D eigenvalue weighted by molar-refractivity contribution is -0.134. The Hall–Kier alpha value is -2.30. The normalized spacial score (nSPS) is 10.5. The average Bonchev–Trinajstić information content (AvgIpc) is 2.39. The first-order chi connectivity index (χ1) is 9.05. The van der Waals surface area contributed by atoms with Gasteiger partial charge in [0, 0.05) is 24.1 Å². The van der Waals surface area contributed by atoms with Gasteiger partial charge in [0.1, 0.15) is 17.1 Å². The molecule has 0 bridgehead atoms. The number of esters is 1. The molecule has 0 spiro atoms. The fourth-order valence-electron chi connectivity index (χ4n) is 1.69. The largest absolute Gasteiger partial charge is 0.496 e. The summed E-state index contributed by atoms with van der Waals surface area (Å²) in [6.45, 7) is 3.36. The van der Waals surface area contributed by atoms with Crippen LogP contribution in [-0.4, -0.2) is 13.1 Å². The number of hydrogen-bond acceptors (Lipinski definition) is 5. The van der Waals surface area contributed by atoms with E-state index in [4.69, 9.17) is 13.9 Å². The van der Waals surface area contributed by atoms with Gasteiger partial charge in [-0.3, -0.25) is 4.79 Å². The number of aryl methyl sites for hydroxylation is 1. The molecule has 0 aliphatic heterocycles. The molecule has 0 N–H and O–H groups in total. The minimum absolute atomic E-state index is 0.262. The quantitative estimate of drug-likeness (QED) is 0.483. The van der Waals surface area contributed by atoms with Crippen LogP contribution in [0.1, 0.15) is 18.9 Å². The van der Waals surface area contributed by atoms with Crippen LogP contribution < -0.4 is 15.1 Å². The van der Waals surface area contributed by atoms with E-state index in [-0.39, 0.29) is 12.4 Å². The van der Waals surface area contributed by atoms with Crippen molar-refractivity contribution < 1.29 is 18.7 Å². The first kappa shape index (κ1) is 13.1. The first-order valence-electron chi connectivity index (χ1n) is 5.88. The summed E-state index contributed by atoms with van der Waals surface area (Å²) in [4.78, 5) is 22.8. The minimum Gasteiger partial charge on any atom is -0.496 e. The highest BCUT2D eigenvalue weighted by Crippen LogP contribution is 2.31. The molecular formula is C14H14O5. The second-order valence-electron chi connectivity index (χ2n) is 4.08. The number of fused-ring (bicyclic) bond motifs is 1. The summed E-state index contributed by atoms with van der Waals surface area (Å²) in [7, 11) is 1.50. The highest BCUT2D eigenvalue weighted by Gasteiger charge is 2.11. The van der Waals surface area contributed by atoms with Gasteiger partial charge in [0.2, 0.25) is 0 Å². The summed E-state index contributed by atoms with van der Waals surface area (Å²) >= 11 is 0. The zero-order valence-corrected chi connectivity index (χ0v) is 11.0. The molecule has 0 aliphatic rings. The van der Waals surface area contributed by atoms with E-state index >= 15 is 0 Å². The number of rotatable bonds is 3. The maximum atomic E-state index is 11.5. The predicted molar refractivity (Wildman–Crippen MR) is 69.7 cm³/mol. The second-order valence-corrected chi connectivity index (χ2v) is 4.08. The third-order valence-electron chi connectivity index (χ3n) is 2.70. The van der Waals surface area contributed by atoms with E-state index in [2.05, 4.69) is 0 Å². The molecule has 2 rings (SSSR count). The molecule has 100 valence electrons. The van der Waals surface area contributed by atoms with Crippen molar-refractivity contribution in [3.05, 3.63) is 34.2 Å². The Morgan fingerprint density at radius 3 is 2.68 bits per heavy atom. The molecule has 0 fully saturated rings. The molecule has 1 heterocycles.